The Kier molecular flexibility index (Phi) is 5.07. The van der Waals surface area contributed by atoms with Gasteiger partial charge in [-0.15, -0.1) is 0 Å². The largest absolute Gasteiger partial charge is 0.494 e. The van der Waals surface area contributed by atoms with E-state index in [1.165, 1.54) is 4.90 Å². The second-order valence-electron chi connectivity index (χ2n) is 6.26. The highest BCUT2D eigenvalue weighted by Crippen LogP contribution is 2.27. The van der Waals surface area contributed by atoms with Gasteiger partial charge in [0.15, 0.2) is 0 Å². The minimum Gasteiger partial charge on any atom is -0.494 e. The molecule has 3 aromatic rings. The molecule has 140 valence electrons. The zero-order valence-electron chi connectivity index (χ0n) is 15.3. The first-order valence-corrected chi connectivity index (χ1v) is 8.37. The van der Waals surface area contributed by atoms with Gasteiger partial charge in [-0.1, -0.05) is 12.1 Å². The molecule has 0 atom stereocenters. The number of nitrogens with one attached hydrogen (secondary N) is 2. The van der Waals surface area contributed by atoms with Crippen molar-refractivity contribution in [3.63, 3.8) is 0 Å². The molecular weight excluding hydrogens is 348 g/mol. The van der Waals surface area contributed by atoms with Crippen LogP contribution in [0.2, 0.25) is 0 Å². The van der Waals surface area contributed by atoms with Gasteiger partial charge in [0.2, 0.25) is 5.91 Å². The summed E-state index contributed by atoms with van der Waals surface area (Å²) in [6.07, 6.45) is 1.59. The van der Waals surface area contributed by atoms with Gasteiger partial charge in [-0.25, -0.2) is 4.79 Å². The Bertz CT molecular complexity index is 1120. The van der Waals surface area contributed by atoms with Gasteiger partial charge in [0.05, 0.1) is 13.5 Å². The number of benzene rings is 1. The second kappa shape index (κ2) is 7.45. The Morgan fingerprint density at radius 1 is 1.22 bits per heavy atom. The summed E-state index contributed by atoms with van der Waals surface area (Å²) in [6, 6.07) is 7.47. The molecule has 1 aromatic carbocycles. The molecule has 1 amide bonds. The van der Waals surface area contributed by atoms with E-state index in [2.05, 4.69) is 15.0 Å². The molecule has 2 heterocycles. The van der Waals surface area contributed by atoms with Crippen LogP contribution in [0, 0.1) is 6.92 Å². The Morgan fingerprint density at radius 3 is 2.70 bits per heavy atom. The monoisotopic (exact) mass is 368 g/mol. The van der Waals surface area contributed by atoms with Crippen LogP contribution in [0.3, 0.4) is 0 Å². The van der Waals surface area contributed by atoms with Crippen molar-refractivity contribution >= 4 is 16.8 Å². The lowest BCUT2D eigenvalue weighted by molar-refractivity contribution is -0.129. The quantitative estimate of drug-likeness (QED) is 0.702. The molecule has 0 saturated carbocycles. The predicted octanol–water partition coefficient (Wildman–Crippen LogP) is 1.13. The van der Waals surface area contributed by atoms with Crippen LogP contribution in [-0.4, -0.2) is 39.9 Å². The summed E-state index contributed by atoms with van der Waals surface area (Å²) in [5.74, 6) is 0.433. The van der Waals surface area contributed by atoms with Gasteiger partial charge < -0.3 is 14.6 Å². The number of aryl methyl sites for hydroxylation is 1. The van der Waals surface area contributed by atoms with Crippen molar-refractivity contribution in [3.05, 3.63) is 68.1 Å². The molecule has 0 saturated heterocycles. The summed E-state index contributed by atoms with van der Waals surface area (Å²) in [5, 5.41) is 0.898. The maximum absolute atomic E-state index is 12.6. The minimum atomic E-state index is -0.584. The SMILES string of the molecule is COc1ccc(CN(C)C(=O)Cc2c(C)[nH]c(=O)[nH]c2=O)c2cccnc12. The van der Waals surface area contributed by atoms with E-state index < -0.39 is 11.2 Å². The topological polar surface area (TPSA) is 108 Å². The molecule has 2 aromatic heterocycles. The summed E-state index contributed by atoms with van der Waals surface area (Å²) >= 11 is 0. The fraction of sp³-hybridized carbons (Fsp3) is 0.263. The number of likely N-dealkylation sites (N-methyl/N-ethyl adjacent to an activating group) is 1. The normalized spacial score (nSPS) is 10.8. The third kappa shape index (κ3) is 3.74. The minimum absolute atomic E-state index is 0.0964. The highest BCUT2D eigenvalue weighted by Gasteiger charge is 2.17. The van der Waals surface area contributed by atoms with Gasteiger partial charge in [0.25, 0.3) is 5.56 Å². The van der Waals surface area contributed by atoms with Crippen LogP contribution in [0.15, 0.2) is 40.1 Å². The number of hydrogen-bond donors (Lipinski definition) is 2. The van der Waals surface area contributed by atoms with Crippen molar-refractivity contribution in [3.8, 4) is 5.75 Å². The van der Waals surface area contributed by atoms with E-state index >= 15 is 0 Å². The zero-order chi connectivity index (χ0) is 19.6. The molecule has 0 aliphatic heterocycles. The number of pyridine rings is 1. The van der Waals surface area contributed by atoms with Crippen molar-refractivity contribution in [1.29, 1.82) is 0 Å². The van der Waals surface area contributed by atoms with Crippen LogP contribution in [0.1, 0.15) is 16.8 Å². The van der Waals surface area contributed by atoms with Crippen LogP contribution < -0.4 is 16.0 Å². The van der Waals surface area contributed by atoms with Crippen molar-refractivity contribution in [2.24, 2.45) is 0 Å². The first kappa shape index (κ1) is 18.4. The third-order valence-corrected chi connectivity index (χ3v) is 4.46. The molecule has 0 fully saturated rings. The fourth-order valence-corrected chi connectivity index (χ4v) is 2.98. The molecule has 0 aliphatic carbocycles. The van der Waals surface area contributed by atoms with Gasteiger partial charge in [0.1, 0.15) is 11.3 Å². The lowest BCUT2D eigenvalue weighted by Gasteiger charge is -2.19. The Balaban J connectivity index is 1.85. The van der Waals surface area contributed by atoms with Crippen LogP contribution in [-0.2, 0) is 17.8 Å². The highest BCUT2D eigenvalue weighted by molar-refractivity contribution is 5.88. The van der Waals surface area contributed by atoms with E-state index in [4.69, 9.17) is 4.74 Å². The number of aromatic nitrogens is 3. The lowest BCUT2D eigenvalue weighted by Crippen LogP contribution is -2.33. The molecule has 0 bridgehead atoms. The smallest absolute Gasteiger partial charge is 0.325 e. The lowest BCUT2D eigenvalue weighted by atomic mass is 10.1. The van der Waals surface area contributed by atoms with E-state index in [1.807, 2.05) is 24.3 Å². The maximum atomic E-state index is 12.6. The van der Waals surface area contributed by atoms with Crippen molar-refractivity contribution in [1.82, 2.24) is 19.9 Å². The zero-order valence-corrected chi connectivity index (χ0v) is 15.3. The Hall–Kier alpha value is -3.42. The Morgan fingerprint density at radius 2 is 2.00 bits per heavy atom. The average molecular weight is 368 g/mol. The van der Waals surface area contributed by atoms with Crippen LogP contribution >= 0.6 is 0 Å². The predicted molar refractivity (Wildman–Crippen MR) is 101 cm³/mol. The third-order valence-electron chi connectivity index (χ3n) is 4.46. The van der Waals surface area contributed by atoms with Gasteiger partial charge >= 0.3 is 5.69 Å². The number of fused-ring (bicyclic) bond motifs is 1. The van der Waals surface area contributed by atoms with Crippen molar-refractivity contribution in [2.45, 2.75) is 19.9 Å². The summed E-state index contributed by atoms with van der Waals surface area (Å²) in [6.45, 7) is 1.95. The first-order chi connectivity index (χ1) is 12.9. The van der Waals surface area contributed by atoms with Crippen LogP contribution in [0.25, 0.3) is 10.9 Å². The maximum Gasteiger partial charge on any atom is 0.325 e. The van der Waals surface area contributed by atoms with E-state index in [-0.39, 0.29) is 17.9 Å². The standard InChI is InChI=1S/C19H20N4O4/c1-11-14(18(25)22-19(26)21-11)9-16(24)23(2)10-12-6-7-15(27-3)17-13(12)5-4-8-20-17/h4-8H,9-10H2,1-3H3,(H2,21,22,25,26). The average Bonchev–Trinajstić information content (AvgIpc) is 2.64. The summed E-state index contributed by atoms with van der Waals surface area (Å²) < 4.78 is 5.34. The Labute approximate surface area is 154 Å². The number of hydrogen-bond acceptors (Lipinski definition) is 5. The van der Waals surface area contributed by atoms with Crippen molar-refractivity contribution in [2.75, 3.05) is 14.2 Å². The van der Waals surface area contributed by atoms with Gasteiger partial charge in [-0.3, -0.25) is 19.6 Å². The summed E-state index contributed by atoms with van der Waals surface area (Å²) in [7, 11) is 3.26. The second-order valence-corrected chi connectivity index (χ2v) is 6.26. The molecule has 8 heteroatoms. The van der Waals surface area contributed by atoms with E-state index in [0.717, 1.165) is 16.5 Å². The first-order valence-electron chi connectivity index (χ1n) is 8.37. The fourth-order valence-electron chi connectivity index (χ4n) is 2.98. The van der Waals surface area contributed by atoms with Gasteiger partial charge in [-0.05, 0) is 24.6 Å². The number of methoxy groups -OCH3 is 1. The molecule has 8 nitrogen and oxygen atoms in total. The number of amides is 1. The molecule has 3 rings (SSSR count). The summed E-state index contributed by atoms with van der Waals surface area (Å²) in [4.78, 5) is 46.4. The number of carbonyl (C=O) groups excluding carboxylic acids is 1. The molecule has 0 radical (unpaired) electrons. The van der Waals surface area contributed by atoms with E-state index in [9.17, 15) is 14.4 Å². The number of H-pyrrole nitrogens is 2. The highest BCUT2D eigenvalue weighted by atomic mass is 16.5. The number of ether oxygens (including phenoxy) is 1. The summed E-state index contributed by atoms with van der Waals surface area (Å²) in [5.41, 5.74) is 1.17. The molecule has 0 unspecified atom stereocenters. The number of rotatable bonds is 5. The van der Waals surface area contributed by atoms with E-state index in [0.29, 0.717) is 18.0 Å². The molecule has 2 N–H and O–H groups in total. The van der Waals surface area contributed by atoms with Crippen LogP contribution in [0.5, 0.6) is 5.75 Å². The number of carbonyl (C=O) groups is 1. The number of aromatic amines is 2. The van der Waals surface area contributed by atoms with Gasteiger partial charge in [0, 0.05) is 36.4 Å². The molecule has 0 spiro atoms. The molecule has 0 aliphatic rings. The molecule has 27 heavy (non-hydrogen) atoms. The van der Waals surface area contributed by atoms with Crippen LogP contribution in [0.4, 0.5) is 0 Å². The van der Waals surface area contributed by atoms with Crippen molar-refractivity contribution < 1.29 is 9.53 Å². The van der Waals surface area contributed by atoms with E-state index in [1.54, 1.807) is 27.3 Å². The number of nitrogens with zero attached hydrogens (tertiary/aromatic N) is 2. The molecular formula is C19H20N4O4. The van der Waals surface area contributed by atoms with Gasteiger partial charge in [-0.2, -0.15) is 0 Å².